The Bertz CT molecular complexity index is 717. The molecule has 2 heterocycles. The molecular formula is C20H30N6. The quantitative estimate of drug-likeness (QED) is 0.861. The molecule has 140 valence electrons. The van der Waals surface area contributed by atoms with Gasteiger partial charge in [-0.25, -0.2) is 0 Å². The first-order valence-corrected chi connectivity index (χ1v) is 9.42. The van der Waals surface area contributed by atoms with E-state index in [1.54, 1.807) is 0 Å². The van der Waals surface area contributed by atoms with Crippen molar-refractivity contribution in [1.29, 1.82) is 0 Å². The molecule has 0 bridgehead atoms. The van der Waals surface area contributed by atoms with Gasteiger partial charge in [0.05, 0.1) is 0 Å². The molecule has 0 aliphatic carbocycles. The number of hydrogen-bond donors (Lipinski definition) is 1. The Balaban J connectivity index is 1.65. The molecule has 6 nitrogen and oxygen atoms in total. The van der Waals surface area contributed by atoms with E-state index >= 15 is 0 Å². The first kappa shape index (κ1) is 18.6. The third-order valence-electron chi connectivity index (χ3n) is 4.90. The Morgan fingerprint density at radius 1 is 1.08 bits per heavy atom. The molecule has 1 aromatic heterocycles. The van der Waals surface area contributed by atoms with Gasteiger partial charge < -0.3 is 10.2 Å². The van der Waals surface area contributed by atoms with Crippen LogP contribution in [0.2, 0.25) is 0 Å². The van der Waals surface area contributed by atoms with E-state index < -0.39 is 0 Å². The minimum absolute atomic E-state index is 0.272. The summed E-state index contributed by atoms with van der Waals surface area (Å²) in [7, 11) is 3.91. The van der Waals surface area contributed by atoms with E-state index in [1.807, 2.05) is 19.0 Å². The second-order valence-corrected chi connectivity index (χ2v) is 7.59. The Morgan fingerprint density at radius 2 is 1.81 bits per heavy atom. The van der Waals surface area contributed by atoms with E-state index in [9.17, 15) is 0 Å². The van der Waals surface area contributed by atoms with E-state index in [1.165, 1.54) is 11.1 Å². The van der Waals surface area contributed by atoms with E-state index in [0.29, 0.717) is 17.9 Å². The van der Waals surface area contributed by atoms with Crippen LogP contribution in [0.25, 0.3) is 0 Å². The minimum atomic E-state index is 0.272. The second-order valence-electron chi connectivity index (χ2n) is 7.59. The summed E-state index contributed by atoms with van der Waals surface area (Å²) in [6.07, 6.45) is 1.12. The Kier molecular flexibility index (Phi) is 5.71. The highest BCUT2D eigenvalue weighted by Crippen LogP contribution is 2.20. The Labute approximate surface area is 156 Å². The SMILES string of the molecule is CC(C)c1nc(NCC(C)N2CCc3ccccc3C2)nc(N(C)C)n1. The lowest BCUT2D eigenvalue weighted by Crippen LogP contribution is -2.41. The molecule has 1 N–H and O–H groups in total. The van der Waals surface area contributed by atoms with Gasteiger partial charge in [0.1, 0.15) is 5.82 Å². The highest BCUT2D eigenvalue weighted by atomic mass is 15.3. The molecule has 2 aromatic rings. The molecule has 3 rings (SSSR count). The van der Waals surface area contributed by atoms with Crippen molar-refractivity contribution in [3.63, 3.8) is 0 Å². The number of aromatic nitrogens is 3. The zero-order valence-corrected chi connectivity index (χ0v) is 16.5. The van der Waals surface area contributed by atoms with Crippen LogP contribution in [0.3, 0.4) is 0 Å². The summed E-state index contributed by atoms with van der Waals surface area (Å²) in [5, 5.41) is 3.43. The fourth-order valence-corrected chi connectivity index (χ4v) is 3.18. The lowest BCUT2D eigenvalue weighted by molar-refractivity contribution is 0.198. The maximum absolute atomic E-state index is 4.59. The van der Waals surface area contributed by atoms with Gasteiger partial charge in [0, 0.05) is 45.7 Å². The number of hydrogen-bond acceptors (Lipinski definition) is 6. The fourth-order valence-electron chi connectivity index (χ4n) is 3.18. The highest BCUT2D eigenvalue weighted by molar-refractivity contribution is 5.36. The standard InChI is InChI=1S/C20H30N6/c1-14(2)18-22-19(24-20(23-18)25(4)5)21-12-15(3)26-11-10-16-8-6-7-9-17(16)13-26/h6-9,14-15H,10-13H2,1-5H3,(H,21,22,23,24). The number of anilines is 2. The molecule has 1 unspecified atom stereocenters. The first-order chi connectivity index (χ1) is 12.4. The van der Waals surface area contributed by atoms with Crippen LogP contribution in [0, 0.1) is 0 Å². The van der Waals surface area contributed by atoms with Crippen molar-refractivity contribution in [3.8, 4) is 0 Å². The maximum atomic E-state index is 4.59. The van der Waals surface area contributed by atoms with E-state index in [0.717, 1.165) is 31.9 Å². The van der Waals surface area contributed by atoms with Crippen LogP contribution in [0.15, 0.2) is 24.3 Å². The van der Waals surface area contributed by atoms with Crippen LogP contribution in [-0.2, 0) is 13.0 Å². The van der Waals surface area contributed by atoms with Crippen molar-refractivity contribution in [2.24, 2.45) is 0 Å². The van der Waals surface area contributed by atoms with Crippen molar-refractivity contribution in [3.05, 3.63) is 41.2 Å². The molecule has 1 aliphatic rings. The van der Waals surface area contributed by atoms with Gasteiger partial charge in [0.2, 0.25) is 11.9 Å². The van der Waals surface area contributed by atoms with Crippen LogP contribution in [0.4, 0.5) is 11.9 Å². The lowest BCUT2D eigenvalue weighted by Gasteiger charge is -2.33. The average Bonchev–Trinajstić information content (AvgIpc) is 2.65. The largest absolute Gasteiger partial charge is 0.353 e. The molecule has 0 saturated carbocycles. The molecule has 0 spiro atoms. The van der Waals surface area contributed by atoms with Crippen LogP contribution >= 0.6 is 0 Å². The summed E-state index contributed by atoms with van der Waals surface area (Å²) in [5.41, 5.74) is 2.93. The molecule has 1 aliphatic heterocycles. The van der Waals surface area contributed by atoms with Crippen molar-refractivity contribution >= 4 is 11.9 Å². The summed E-state index contributed by atoms with van der Waals surface area (Å²) in [4.78, 5) is 18.1. The summed E-state index contributed by atoms with van der Waals surface area (Å²) < 4.78 is 0. The molecule has 6 heteroatoms. The number of nitrogens with zero attached hydrogens (tertiary/aromatic N) is 5. The lowest BCUT2D eigenvalue weighted by atomic mass is 9.99. The van der Waals surface area contributed by atoms with Crippen LogP contribution < -0.4 is 10.2 Å². The van der Waals surface area contributed by atoms with Gasteiger partial charge in [0.15, 0.2) is 0 Å². The minimum Gasteiger partial charge on any atom is -0.353 e. The smallest absolute Gasteiger partial charge is 0.229 e. The number of rotatable bonds is 6. The monoisotopic (exact) mass is 354 g/mol. The molecule has 1 aromatic carbocycles. The average molecular weight is 355 g/mol. The van der Waals surface area contributed by atoms with Crippen LogP contribution in [-0.4, -0.2) is 53.1 Å². The predicted octanol–water partition coefficient (Wildman–Crippen LogP) is 2.92. The van der Waals surface area contributed by atoms with Gasteiger partial charge in [-0.3, -0.25) is 4.90 Å². The molecule has 26 heavy (non-hydrogen) atoms. The van der Waals surface area contributed by atoms with Gasteiger partial charge in [-0.2, -0.15) is 15.0 Å². The number of benzene rings is 1. The van der Waals surface area contributed by atoms with E-state index in [-0.39, 0.29) is 5.92 Å². The molecule has 1 atom stereocenters. The Morgan fingerprint density at radius 3 is 2.50 bits per heavy atom. The van der Waals surface area contributed by atoms with Gasteiger partial charge in [-0.1, -0.05) is 38.1 Å². The summed E-state index contributed by atoms with van der Waals surface area (Å²) in [6.45, 7) is 9.39. The van der Waals surface area contributed by atoms with Crippen molar-refractivity contribution in [2.75, 3.05) is 37.4 Å². The first-order valence-electron chi connectivity index (χ1n) is 9.42. The predicted molar refractivity (Wildman–Crippen MR) is 107 cm³/mol. The summed E-state index contributed by atoms with van der Waals surface area (Å²) >= 11 is 0. The Hall–Kier alpha value is -2.21. The number of nitrogens with one attached hydrogen (secondary N) is 1. The third kappa shape index (κ3) is 4.30. The van der Waals surface area contributed by atoms with Crippen LogP contribution in [0.1, 0.15) is 43.6 Å². The van der Waals surface area contributed by atoms with Crippen molar-refractivity contribution in [1.82, 2.24) is 19.9 Å². The topological polar surface area (TPSA) is 57.2 Å². The summed E-state index contributed by atoms with van der Waals surface area (Å²) in [5.74, 6) is 2.46. The van der Waals surface area contributed by atoms with E-state index in [2.05, 4.69) is 70.2 Å². The summed E-state index contributed by atoms with van der Waals surface area (Å²) in [6, 6.07) is 9.16. The van der Waals surface area contributed by atoms with Gasteiger partial charge in [0.25, 0.3) is 0 Å². The van der Waals surface area contributed by atoms with E-state index in [4.69, 9.17) is 0 Å². The van der Waals surface area contributed by atoms with Crippen LogP contribution in [0.5, 0.6) is 0 Å². The molecule has 0 fully saturated rings. The molecular weight excluding hydrogens is 324 g/mol. The normalized spacial score (nSPS) is 15.6. The van der Waals surface area contributed by atoms with Gasteiger partial charge in [-0.05, 0) is 24.5 Å². The van der Waals surface area contributed by atoms with Gasteiger partial charge >= 0.3 is 0 Å². The molecule has 0 amide bonds. The second kappa shape index (κ2) is 7.99. The highest BCUT2D eigenvalue weighted by Gasteiger charge is 2.20. The molecule has 0 radical (unpaired) electrons. The van der Waals surface area contributed by atoms with Crippen molar-refractivity contribution < 1.29 is 0 Å². The molecule has 0 saturated heterocycles. The number of fused-ring (bicyclic) bond motifs is 1. The van der Waals surface area contributed by atoms with Crippen molar-refractivity contribution in [2.45, 2.75) is 45.7 Å². The fraction of sp³-hybridized carbons (Fsp3) is 0.550. The zero-order chi connectivity index (χ0) is 18.7. The van der Waals surface area contributed by atoms with Gasteiger partial charge in [-0.15, -0.1) is 0 Å². The maximum Gasteiger partial charge on any atom is 0.229 e. The zero-order valence-electron chi connectivity index (χ0n) is 16.5. The third-order valence-corrected chi connectivity index (χ3v) is 4.90.